The molecule has 0 fully saturated rings. The highest BCUT2D eigenvalue weighted by Crippen LogP contribution is 2.12. The number of aromatic nitrogens is 4. The minimum absolute atomic E-state index is 0.0438. The van der Waals surface area contributed by atoms with Crippen LogP contribution in [0.5, 0.6) is 0 Å². The van der Waals surface area contributed by atoms with E-state index >= 15 is 0 Å². The van der Waals surface area contributed by atoms with Crippen LogP contribution in [0.1, 0.15) is 36.6 Å². The Morgan fingerprint density at radius 1 is 1.30 bits per heavy atom. The lowest BCUT2D eigenvalue weighted by molar-refractivity contribution is 0.318. The molecule has 0 bridgehead atoms. The van der Waals surface area contributed by atoms with E-state index in [4.69, 9.17) is 10.9 Å². The molecule has 2 rings (SSSR count). The molecule has 2 heterocycles. The van der Waals surface area contributed by atoms with Crippen molar-refractivity contribution in [3.05, 3.63) is 34.9 Å². The summed E-state index contributed by atoms with van der Waals surface area (Å²) >= 11 is 0. The fourth-order valence-corrected chi connectivity index (χ4v) is 1.90. The Morgan fingerprint density at radius 2 is 2.05 bits per heavy atom. The summed E-state index contributed by atoms with van der Waals surface area (Å²) in [5, 5.41) is 16.2. The summed E-state index contributed by atoms with van der Waals surface area (Å²) in [7, 11) is 0. The van der Waals surface area contributed by atoms with Crippen LogP contribution in [0.2, 0.25) is 0 Å². The number of aryl methyl sites for hydroxylation is 3. The molecule has 0 saturated heterocycles. The van der Waals surface area contributed by atoms with E-state index in [2.05, 4.69) is 20.2 Å². The van der Waals surface area contributed by atoms with E-state index in [-0.39, 0.29) is 5.84 Å². The molecule has 0 aromatic carbocycles. The van der Waals surface area contributed by atoms with Gasteiger partial charge in [0, 0.05) is 11.4 Å². The van der Waals surface area contributed by atoms with Crippen molar-refractivity contribution < 1.29 is 5.21 Å². The van der Waals surface area contributed by atoms with Gasteiger partial charge in [0.15, 0.2) is 5.84 Å². The second kappa shape index (κ2) is 5.68. The SMILES string of the molecule is CCc1cc(CC)n(-c2nc(C)cc(/C(N)=N/O)n2)n1. The standard InChI is InChI=1S/C13H18N6O/c1-4-9-7-10(5-2)19(17-9)13-15-8(3)6-11(16-13)12(14)18-20/h6-7,20H,4-5H2,1-3H3,(H2,14,18). The number of nitrogens with zero attached hydrogens (tertiary/aromatic N) is 5. The summed E-state index contributed by atoms with van der Waals surface area (Å²) < 4.78 is 1.71. The van der Waals surface area contributed by atoms with Crippen molar-refractivity contribution in [2.75, 3.05) is 0 Å². The van der Waals surface area contributed by atoms with Crippen molar-refractivity contribution in [1.82, 2.24) is 19.7 Å². The second-order valence-corrected chi connectivity index (χ2v) is 4.43. The Balaban J connectivity index is 2.57. The first-order chi connectivity index (χ1) is 9.58. The molecule has 0 aliphatic carbocycles. The topological polar surface area (TPSA) is 102 Å². The van der Waals surface area contributed by atoms with E-state index in [0.717, 1.165) is 29.9 Å². The van der Waals surface area contributed by atoms with E-state index < -0.39 is 0 Å². The lowest BCUT2D eigenvalue weighted by Gasteiger charge is -2.07. The zero-order valence-electron chi connectivity index (χ0n) is 11.8. The molecular formula is C13H18N6O. The van der Waals surface area contributed by atoms with Gasteiger partial charge in [-0.1, -0.05) is 19.0 Å². The number of rotatable bonds is 4. The summed E-state index contributed by atoms with van der Waals surface area (Å²) in [4.78, 5) is 8.68. The molecule has 0 amide bonds. The molecule has 20 heavy (non-hydrogen) atoms. The highest BCUT2D eigenvalue weighted by atomic mass is 16.4. The van der Waals surface area contributed by atoms with Gasteiger partial charge in [0.05, 0.1) is 5.69 Å². The van der Waals surface area contributed by atoms with Gasteiger partial charge in [-0.25, -0.2) is 14.6 Å². The molecule has 0 spiro atoms. The van der Waals surface area contributed by atoms with Crippen LogP contribution in [0.4, 0.5) is 0 Å². The molecule has 106 valence electrons. The fraction of sp³-hybridized carbons (Fsp3) is 0.385. The molecule has 2 aromatic rings. The molecule has 0 saturated carbocycles. The molecule has 0 atom stereocenters. The van der Waals surface area contributed by atoms with E-state index in [1.54, 1.807) is 10.7 Å². The van der Waals surface area contributed by atoms with Crippen LogP contribution in [0.3, 0.4) is 0 Å². The van der Waals surface area contributed by atoms with Crippen molar-refractivity contribution in [2.45, 2.75) is 33.6 Å². The maximum atomic E-state index is 8.76. The Bertz CT molecular complexity index is 646. The molecule has 2 aromatic heterocycles. The molecule has 3 N–H and O–H groups in total. The van der Waals surface area contributed by atoms with Gasteiger partial charge in [-0.2, -0.15) is 5.10 Å². The average Bonchev–Trinajstić information content (AvgIpc) is 2.89. The molecular weight excluding hydrogens is 256 g/mol. The maximum Gasteiger partial charge on any atom is 0.251 e. The first-order valence-corrected chi connectivity index (χ1v) is 6.50. The van der Waals surface area contributed by atoms with E-state index in [1.165, 1.54) is 0 Å². The lowest BCUT2D eigenvalue weighted by Crippen LogP contribution is -2.18. The number of hydrogen-bond acceptors (Lipinski definition) is 5. The third-order valence-electron chi connectivity index (χ3n) is 2.96. The Hall–Kier alpha value is -2.44. The summed E-state index contributed by atoms with van der Waals surface area (Å²) in [6.07, 6.45) is 1.67. The molecule has 7 heteroatoms. The fourth-order valence-electron chi connectivity index (χ4n) is 1.90. The van der Waals surface area contributed by atoms with Gasteiger partial charge in [-0.05, 0) is 31.9 Å². The quantitative estimate of drug-likeness (QED) is 0.377. The van der Waals surface area contributed by atoms with Crippen LogP contribution in [-0.4, -0.2) is 30.8 Å². The maximum absolute atomic E-state index is 8.76. The molecule has 7 nitrogen and oxygen atoms in total. The third-order valence-corrected chi connectivity index (χ3v) is 2.96. The Kier molecular flexibility index (Phi) is 3.97. The normalized spacial score (nSPS) is 11.8. The largest absolute Gasteiger partial charge is 0.409 e. The molecule has 0 aliphatic heterocycles. The molecule has 0 radical (unpaired) electrons. The minimum atomic E-state index is -0.0438. The number of amidine groups is 1. The summed E-state index contributed by atoms with van der Waals surface area (Å²) in [5.41, 5.74) is 8.71. The first kappa shape index (κ1) is 14.0. The zero-order valence-corrected chi connectivity index (χ0v) is 11.8. The third kappa shape index (κ3) is 2.61. The predicted octanol–water partition coefficient (Wildman–Crippen LogP) is 1.19. The van der Waals surface area contributed by atoms with Gasteiger partial charge in [-0.15, -0.1) is 0 Å². The number of oxime groups is 1. The van der Waals surface area contributed by atoms with Crippen molar-refractivity contribution in [3.8, 4) is 5.95 Å². The van der Waals surface area contributed by atoms with Crippen molar-refractivity contribution in [1.29, 1.82) is 0 Å². The average molecular weight is 274 g/mol. The molecule has 0 unspecified atom stereocenters. The van der Waals surface area contributed by atoms with E-state index in [0.29, 0.717) is 11.6 Å². The Morgan fingerprint density at radius 3 is 2.65 bits per heavy atom. The van der Waals surface area contributed by atoms with Gasteiger partial charge >= 0.3 is 0 Å². The highest BCUT2D eigenvalue weighted by molar-refractivity contribution is 5.95. The van der Waals surface area contributed by atoms with Crippen LogP contribution >= 0.6 is 0 Å². The van der Waals surface area contributed by atoms with Crippen LogP contribution in [0.25, 0.3) is 5.95 Å². The summed E-state index contributed by atoms with van der Waals surface area (Å²) in [6, 6.07) is 3.70. The van der Waals surface area contributed by atoms with Crippen LogP contribution < -0.4 is 5.73 Å². The highest BCUT2D eigenvalue weighted by Gasteiger charge is 2.12. The first-order valence-electron chi connectivity index (χ1n) is 6.50. The lowest BCUT2D eigenvalue weighted by atomic mass is 10.2. The van der Waals surface area contributed by atoms with Crippen LogP contribution in [0.15, 0.2) is 17.3 Å². The van der Waals surface area contributed by atoms with Crippen LogP contribution in [-0.2, 0) is 12.8 Å². The monoisotopic (exact) mass is 274 g/mol. The summed E-state index contributed by atoms with van der Waals surface area (Å²) in [5.74, 6) is 0.390. The van der Waals surface area contributed by atoms with Crippen LogP contribution in [0, 0.1) is 6.92 Å². The van der Waals surface area contributed by atoms with E-state index in [1.807, 2.05) is 26.8 Å². The van der Waals surface area contributed by atoms with Gasteiger partial charge in [0.1, 0.15) is 5.69 Å². The number of nitrogens with two attached hydrogens (primary N) is 1. The Labute approximate surface area is 117 Å². The van der Waals surface area contributed by atoms with Crippen molar-refractivity contribution in [3.63, 3.8) is 0 Å². The van der Waals surface area contributed by atoms with Gasteiger partial charge < -0.3 is 10.9 Å². The second-order valence-electron chi connectivity index (χ2n) is 4.43. The zero-order chi connectivity index (χ0) is 14.7. The van der Waals surface area contributed by atoms with Crippen molar-refractivity contribution >= 4 is 5.84 Å². The smallest absolute Gasteiger partial charge is 0.251 e. The summed E-state index contributed by atoms with van der Waals surface area (Å²) in [6.45, 7) is 5.92. The minimum Gasteiger partial charge on any atom is -0.409 e. The van der Waals surface area contributed by atoms with Gasteiger partial charge in [-0.3, -0.25) is 0 Å². The number of hydrogen-bond donors (Lipinski definition) is 2. The van der Waals surface area contributed by atoms with Gasteiger partial charge in [0.25, 0.3) is 5.95 Å². The van der Waals surface area contributed by atoms with Gasteiger partial charge in [0.2, 0.25) is 0 Å². The molecule has 0 aliphatic rings. The van der Waals surface area contributed by atoms with E-state index in [9.17, 15) is 0 Å². The van der Waals surface area contributed by atoms with Crippen molar-refractivity contribution in [2.24, 2.45) is 10.9 Å². The predicted molar refractivity (Wildman–Crippen MR) is 75.2 cm³/mol.